The predicted molar refractivity (Wildman–Crippen MR) is 78.0 cm³/mol. The zero-order chi connectivity index (χ0) is 15.1. The standard InChI is InChI=1S/C12H23O.C4H7O.Y/c1-9(8-11(2,3)4)10(13)12(5,6)7;1-3-4(2)5;/h9H,1,8H2,2-7H3;1,3H2,2H3;/q2*-1;. The van der Waals surface area contributed by atoms with E-state index in [-0.39, 0.29) is 61.0 Å². The number of carbonyl (C=O) groups is 2. The summed E-state index contributed by atoms with van der Waals surface area (Å²) in [6.45, 7) is 21.1. The summed E-state index contributed by atoms with van der Waals surface area (Å²) in [5, 5.41) is 0. The van der Waals surface area contributed by atoms with Crippen molar-refractivity contribution in [1.29, 1.82) is 0 Å². The maximum Gasteiger partial charge on any atom is 0.111 e. The SMILES string of the molecule is [CH2-]C(CC(C)(C)C)C(=O)C(C)(C)C.[CH2-]CC(C)=O.[Y]. The van der Waals surface area contributed by atoms with Gasteiger partial charge in [0.05, 0.1) is 5.78 Å². The van der Waals surface area contributed by atoms with Gasteiger partial charge in [0.15, 0.2) is 0 Å². The molecule has 0 aliphatic carbocycles. The molecule has 19 heavy (non-hydrogen) atoms. The van der Waals surface area contributed by atoms with Gasteiger partial charge in [-0.3, -0.25) is 0 Å². The average molecular weight is 343 g/mol. The minimum Gasteiger partial charge on any atom is -0.336 e. The zero-order valence-electron chi connectivity index (χ0n) is 13.8. The van der Waals surface area contributed by atoms with Crippen LogP contribution in [0.25, 0.3) is 0 Å². The van der Waals surface area contributed by atoms with Gasteiger partial charge in [-0.05, 0) is 12.3 Å². The van der Waals surface area contributed by atoms with Gasteiger partial charge in [-0.2, -0.15) is 0 Å². The molecule has 0 spiro atoms. The number of rotatable bonds is 3. The monoisotopic (exact) mass is 343 g/mol. The quantitative estimate of drug-likeness (QED) is 0.717. The van der Waals surface area contributed by atoms with E-state index in [1.165, 1.54) is 6.92 Å². The van der Waals surface area contributed by atoms with E-state index in [1.807, 2.05) is 20.8 Å². The van der Waals surface area contributed by atoms with E-state index in [2.05, 4.69) is 34.6 Å². The smallest absolute Gasteiger partial charge is 0.111 e. The van der Waals surface area contributed by atoms with Gasteiger partial charge in [0.25, 0.3) is 0 Å². The van der Waals surface area contributed by atoms with Crippen LogP contribution in [0, 0.1) is 30.6 Å². The molecule has 0 heterocycles. The average Bonchev–Trinajstić information content (AvgIpc) is 2.13. The topological polar surface area (TPSA) is 34.1 Å². The van der Waals surface area contributed by atoms with Gasteiger partial charge < -0.3 is 23.4 Å². The Morgan fingerprint density at radius 1 is 1.05 bits per heavy atom. The molecule has 0 saturated carbocycles. The molecule has 0 bridgehead atoms. The van der Waals surface area contributed by atoms with Crippen LogP contribution in [-0.4, -0.2) is 11.6 Å². The second-order valence-corrected chi connectivity index (χ2v) is 7.03. The fourth-order valence-corrected chi connectivity index (χ4v) is 1.44. The Hall–Kier alpha value is 0.444. The third-order valence-corrected chi connectivity index (χ3v) is 2.32. The van der Waals surface area contributed by atoms with Gasteiger partial charge in [-0.1, -0.05) is 48.0 Å². The number of ketones is 2. The molecule has 0 amide bonds. The van der Waals surface area contributed by atoms with Gasteiger partial charge >= 0.3 is 0 Å². The normalized spacial score (nSPS) is 12.7. The van der Waals surface area contributed by atoms with Crippen LogP contribution >= 0.6 is 0 Å². The minimum absolute atomic E-state index is 0. The van der Waals surface area contributed by atoms with Crippen LogP contribution in [0.5, 0.6) is 0 Å². The Labute approximate surface area is 145 Å². The molecule has 1 radical (unpaired) electrons. The third kappa shape index (κ3) is 16.4. The first kappa shape index (κ1) is 24.5. The molecule has 0 saturated heterocycles. The Balaban J connectivity index is -0.000000366. The minimum atomic E-state index is -0.252. The maximum atomic E-state index is 11.8. The molecule has 0 aromatic heterocycles. The first-order chi connectivity index (χ1) is 7.81. The Morgan fingerprint density at radius 3 is 1.53 bits per heavy atom. The molecule has 0 fully saturated rings. The molecule has 0 aromatic carbocycles. The summed E-state index contributed by atoms with van der Waals surface area (Å²) in [7, 11) is 0. The molecule has 0 rings (SSSR count). The molecule has 1 atom stereocenters. The van der Waals surface area contributed by atoms with Gasteiger partial charge in [0, 0.05) is 38.1 Å². The molecule has 2 nitrogen and oxygen atoms in total. The van der Waals surface area contributed by atoms with E-state index < -0.39 is 0 Å². The second kappa shape index (κ2) is 10.2. The Kier molecular flexibility index (Phi) is 13.1. The van der Waals surface area contributed by atoms with Gasteiger partial charge in [0.2, 0.25) is 0 Å². The summed E-state index contributed by atoms with van der Waals surface area (Å²) in [6.07, 6.45) is 1.28. The van der Waals surface area contributed by atoms with Crippen molar-refractivity contribution in [2.24, 2.45) is 16.7 Å². The summed E-state index contributed by atoms with van der Waals surface area (Å²) in [6, 6.07) is 0. The van der Waals surface area contributed by atoms with Crippen molar-refractivity contribution in [3.63, 3.8) is 0 Å². The summed E-state index contributed by atoms with van der Waals surface area (Å²) in [4.78, 5) is 21.5. The number of hydrogen-bond acceptors (Lipinski definition) is 2. The molecule has 111 valence electrons. The van der Waals surface area contributed by atoms with Crippen molar-refractivity contribution in [3.8, 4) is 0 Å². The van der Waals surface area contributed by atoms with Gasteiger partial charge in [0.1, 0.15) is 5.78 Å². The molecule has 0 N–H and O–H groups in total. The summed E-state index contributed by atoms with van der Waals surface area (Å²) in [5.74, 6) is 0.340. The van der Waals surface area contributed by atoms with Crippen molar-refractivity contribution in [2.75, 3.05) is 0 Å². The largest absolute Gasteiger partial charge is 0.336 e. The first-order valence-corrected chi connectivity index (χ1v) is 6.47. The molecule has 3 heteroatoms. The van der Waals surface area contributed by atoms with E-state index in [0.717, 1.165) is 6.42 Å². The first-order valence-electron chi connectivity index (χ1n) is 6.47. The van der Waals surface area contributed by atoms with Crippen molar-refractivity contribution >= 4 is 11.6 Å². The van der Waals surface area contributed by atoms with Gasteiger partial charge in [-0.25, -0.2) is 0 Å². The third-order valence-electron chi connectivity index (χ3n) is 2.32. The summed E-state index contributed by atoms with van der Waals surface area (Å²) >= 11 is 0. The van der Waals surface area contributed by atoms with E-state index in [9.17, 15) is 9.59 Å². The van der Waals surface area contributed by atoms with Crippen LogP contribution in [0.15, 0.2) is 0 Å². The molecule has 0 aliphatic rings. The fourth-order valence-electron chi connectivity index (χ4n) is 1.44. The van der Waals surface area contributed by atoms with Crippen LogP contribution in [0.3, 0.4) is 0 Å². The predicted octanol–water partition coefficient (Wildman–Crippen LogP) is 4.29. The van der Waals surface area contributed by atoms with E-state index in [1.54, 1.807) is 0 Å². The summed E-state index contributed by atoms with van der Waals surface area (Å²) < 4.78 is 0. The molecule has 0 aromatic rings. The van der Waals surface area contributed by atoms with Crippen LogP contribution < -0.4 is 0 Å². The zero-order valence-corrected chi connectivity index (χ0v) is 16.6. The van der Waals surface area contributed by atoms with Crippen molar-refractivity contribution in [2.45, 2.75) is 61.3 Å². The molecular weight excluding hydrogens is 313 g/mol. The molecule has 1 unspecified atom stereocenters. The van der Waals surface area contributed by atoms with Crippen molar-refractivity contribution < 1.29 is 42.3 Å². The maximum absolute atomic E-state index is 11.8. The second-order valence-electron chi connectivity index (χ2n) is 7.03. The summed E-state index contributed by atoms with van der Waals surface area (Å²) in [5.41, 5.74) is -0.0645. The van der Waals surface area contributed by atoms with Crippen LogP contribution in [0.4, 0.5) is 0 Å². The number of carbonyl (C=O) groups excluding carboxylic acids is 2. The molecule has 0 aliphatic heterocycles. The molecular formula is C16H30O2Y-2. The Bertz CT molecular complexity index is 269. The van der Waals surface area contributed by atoms with Crippen LogP contribution in [-0.2, 0) is 42.3 Å². The fraction of sp³-hybridized carbons (Fsp3) is 0.750. The van der Waals surface area contributed by atoms with E-state index in [0.29, 0.717) is 6.42 Å². The van der Waals surface area contributed by atoms with Crippen LogP contribution in [0.1, 0.15) is 61.3 Å². The van der Waals surface area contributed by atoms with E-state index >= 15 is 0 Å². The van der Waals surface area contributed by atoms with Crippen LogP contribution in [0.2, 0.25) is 0 Å². The van der Waals surface area contributed by atoms with Crippen molar-refractivity contribution in [3.05, 3.63) is 13.8 Å². The number of Topliss-reactive ketones (excluding diaryl/α,β-unsaturated/α-hetero) is 2. The van der Waals surface area contributed by atoms with E-state index in [4.69, 9.17) is 0 Å². The van der Waals surface area contributed by atoms with Crippen molar-refractivity contribution in [1.82, 2.24) is 0 Å². The van der Waals surface area contributed by atoms with Gasteiger partial charge in [-0.15, -0.1) is 12.3 Å². The Morgan fingerprint density at radius 2 is 1.37 bits per heavy atom. The number of hydrogen-bond donors (Lipinski definition) is 0.